The third-order valence-corrected chi connectivity index (χ3v) is 8.67. The van der Waals surface area contributed by atoms with Crippen LogP contribution in [0.2, 0.25) is 0 Å². The van der Waals surface area contributed by atoms with Gasteiger partial charge in [0, 0.05) is 33.3 Å². The highest BCUT2D eigenvalue weighted by Gasteiger charge is 2.23. The van der Waals surface area contributed by atoms with Gasteiger partial charge in [-0.1, -0.05) is 78.5 Å². The molecule has 0 saturated carbocycles. The molecule has 2 heterocycles. The Bertz CT molecular complexity index is 2220. The summed E-state index contributed by atoms with van der Waals surface area (Å²) in [5, 5.41) is 32.8. The van der Waals surface area contributed by atoms with Crippen molar-refractivity contribution >= 4 is 34.1 Å². The van der Waals surface area contributed by atoms with Gasteiger partial charge in [-0.3, -0.25) is 4.79 Å². The van der Waals surface area contributed by atoms with Gasteiger partial charge in [-0.2, -0.15) is 9.78 Å². The van der Waals surface area contributed by atoms with Crippen LogP contribution in [-0.4, -0.2) is 41.0 Å². The van der Waals surface area contributed by atoms with E-state index >= 15 is 0 Å². The van der Waals surface area contributed by atoms with Crippen LogP contribution in [0.4, 0.5) is 5.69 Å². The topological polar surface area (TPSA) is 120 Å². The van der Waals surface area contributed by atoms with Crippen LogP contribution < -0.4 is 10.1 Å². The van der Waals surface area contributed by atoms with E-state index in [9.17, 15) is 9.90 Å². The molecule has 47 heavy (non-hydrogen) atoms. The summed E-state index contributed by atoms with van der Waals surface area (Å²) in [6.07, 6.45) is 0. The molecule has 5 aromatic carbocycles. The summed E-state index contributed by atoms with van der Waals surface area (Å²) in [5.74, 6) is 1.02. The molecule has 0 radical (unpaired) electrons. The number of hydrogen-bond donors (Lipinski definition) is 2. The fraction of sp³-hybridized carbons (Fsp3) is 0.0833. The highest BCUT2D eigenvalue weighted by Crippen LogP contribution is 2.40. The van der Waals surface area contributed by atoms with Gasteiger partial charge in [0.2, 0.25) is 11.0 Å². The number of ether oxygens (including phenoxy) is 1. The number of aromatic nitrogens is 6. The van der Waals surface area contributed by atoms with Crippen LogP contribution in [0, 0.1) is 13.8 Å². The standard InChI is InChI=1S/C36H29N7O3S/c1-23-12-9-10-18-31(23)37-34(45)25-20-29-28(17-11-19-32(29)44)33(21-25)46-35-30(24(2)39-42(35)26-13-5-3-6-14-26)22-47-36-38-40-41-43(36)27-15-7-4-8-16-27/h3-21,44H,22H2,1-2H3,(H,37,45). The van der Waals surface area contributed by atoms with E-state index in [1.165, 1.54) is 11.8 Å². The Balaban J connectivity index is 1.30. The van der Waals surface area contributed by atoms with E-state index in [4.69, 9.17) is 9.84 Å². The number of anilines is 1. The molecule has 2 N–H and O–H groups in total. The Morgan fingerprint density at radius 2 is 1.53 bits per heavy atom. The van der Waals surface area contributed by atoms with Crippen LogP contribution >= 0.6 is 11.8 Å². The number of amides is 1. The summed E-state index contributed by atoms with van der Waals surface area (Å²) in [6.45, 7) is 3.86. The van der Waals surface area contributed by atoms with Crippen molar-refractivity contribution in [2.75, 3.05) is 5.32 Å². The molecule has 11 heteroatoms. The van der Waals surface area contributed by atoms with E-state index in [2.05, 4.69) is 20.8 Å². The second kappa shape index (κ2) is 12.8. The Kier molecular flexibility index (Phi) is 8.11. The molecule has 0 fully saturated rings. The molecule has 0 saturated heterocycles. The molecule has 0 bridgehead atoms. The maximum Gasteiger partial charge on any atom is 0.255 e. The number of benzene rings is 5. The SMILES string of the molecule is Cc1ccccc1NC(=O)c1cc(Oc2c(CSc3nnnn3-c3ccccc3)c(C)nn2-c2ccccc2)c2cccc(O)c2c1. The van der Waals surface area contributed by atoms with Crippen LogP contribution in [-0.2, 0) is 5.75 Å². The lowest BCUT2D eigenvalue weighted by Gasteiger charge is -2.15. The molecule has 0 aliphatic heterocycles. The number of carbonyl (C=O) groups is 1. The van der Waals surface area contributed by atoms with Gasteiger partial charge >= 0.3 is 0 Å². The quantitative estimate of drug-likeness (QED) is 0.155. The second-order valence-corrected chi connectivity index (χ2v) is 11.8. The smallest absolute Gasteiger partial charge is 0.255 e. The first-order chi connectivity index (χ1) is 23.0. The zero-order valence-corrected chi connectivity index (χ0v) is 26.3. The van der Waals surface area contributed by atoms with Gasteiger partial charge in [-0.25, -0.2) is 4.68 Å². The number of phenolic OH excluding ortho intramolecular Hbond substituents is 1. The number of nitrogens with zero attached hydrogens (tertiary/aromatic N) is 6. The third kappa shape index (κ3) is 6.03. The molecule has 0 aliphatic rings. The molecule has 2 aromatic heterocycles. The van der Waals surface area contributed by atoms with Crippen molar-refractivity contribution in [1.29, 1.82) is 0 Å². The number of thioether (sulfide) groups is 1. The molecular formula is C36H29N7O3S. The second-order valence-electron chi connectivity index (χ2n) is 10.8. The highest BCUT2D eigenvalue weighted by atomic mass is 32.2. The number of para-hydroxylation sites is 3. The Morgan fingerprint density at radius 3 is 2.28 bits per heavy atom. The fourth-order valence-corrected chi connectivity index (χ4v) is 6.22. The van der Waals surface area contributed by atoms with Crippen molar-refractivity contribution in [3.05, 3.63) is 138 Å². The summed E-state index contributed by atoms with van der Waals surface area (Å²) in [7, 11) is 0. The number of carbonyl (C=O) groups excluding carboxylic acids is 1. The van der Waals surface area contributed by atoms with E-state index in [1.807, 2.05) is 105 Å². The van der Waals surface area contributed by atoms with Crippen molar-refractivity contribution in [2.45, 2.75) is 24.8 Å². The summed E-state index contributed by atoms with van der Waals surface area (Å²) in [4.78, 5) is 13.6. The van der Waals surface area contributed by atoms with E-state index in [0.29, 0.717) is 44.6 Å². The van der Waals surface area contributed by atoms with Crippen molar-refractivity contribution in [1.82, 2.24) is 30.0 Å². The van der Waals surface area contributed by atoms with Crippen molar-refractivity contribution < 1.29 is 14.6 Å². The van der Waals surface area contributed by atoms with Gasteiger partial charge in [0.25, 0.3) is 5.91 Å². The van der Waals surface area contributed by atoms with Crippen molar-refractivity contribution in [3.63, 3.8) is 0 Å². The van der Waals surface area contributed by atoms with Crippen LogP contribution in [0.3, 0.4) is 0 Å². The number of aryl methyl sites for hydroxylation is 2. The largest absolute Gasteiger partial charge is 0.507 e. The minimum atomic E-state index is -0.328. The average Bonchev–Trinajstić information content (AvgIpc) is 3.69. The first kappa shape index (κ1) is 29.8. The minimum absolute atomic E-state index is 0.0363. The summed E-state index contributed by atoms with van der Waals surface area (Å²) in [6, 6.07) is 35.5. The number of hydrogen-bond acceptors (Lipinski definition) is 8. The van der Waals surface area contributed by atoms with Crippen LogP contribution in [0.15, 0.2) is 120 Å². The van der Waals surface area contributed by atoms with Crippen molar-refractivity contribution in [3.8, 4) is 28.8 Å². The van der Waals surface area contributed by atoms with Gasteiger partial charge in [0.1, 0.15) is 11.5 Å². The Hall–Kier alpha value is -5.94. The molecule has 7 rings (SSSR count). The first-order valence-corrected chi connectivity index (χ1v) is 15.9. The monoisotopic (exact) mass is 639 g/mol. The van der Waals surface area contributed by atoms with Gasteiger partial charge in [-0.15, -0.1) is 5.10 Å². The molecule has 0 spiro atoms. The van der Waals surface area contributed by atoms with Gasteiger partial charge in [0.05, 0.1) is 17.1 Å². The highest BCUT2D eigenvalue weighted by molar-refractivity contribution is 7.98. The van der Waals surface area contributed by atoms with Crippen molar-refractivity contribution in [2.24, 2.45) is 0 Å². The predicted octanol–water partition coefficient (Wildman–Crippen LogP) is 7.66. The molecule has 0 unspecified atom stereocenters. The first-order valence-electron chi connectivity index (χ1n) is 14.9. The number of nitrogens with one attached hydrogen (secondary N) is 1. The molecule has 0 aliphatic carbocycles. The van der Waals surface area contributed by atoms with Gasteiger partial charge < -0.3 is 15.2 Å². The maximum atomic E-state index is 13.6. The summed E-state index contributed by atoms with van der Waals surface area (Å²) < 4.78 is 10.2. The number of aromatic hydroxyl groups is 1. The number of fused-ring (bicyclic) bond motifs is 1. The number of tetrazole rings is 1. The molecule has 0 atom stereocenters. The average molecular weight is 640 g/mol. The number of rotatable bonds is 9. The normalized spacial score (nSPS) is 11.1. The van der Waals surface area contributed by atoms with Crippen LogP contribution in [0.25, 0.3) is 22.1 Å². The Labute approximate surface area is 274 Å². The zero-order chi connectivity index (χ0) is 32.3. The lowest BCUT2D eigenvalue weighted by Crippen LogP contribution is -2.13. The fourth-order valence-electron chi connectivity index (χ4n) is 5.25. The maximum absolute atomic E-state index is 13.6. The van der Waals surface area contributed by atoms with E-state index in [0.717, 1.165) is 28.2 Å². The Morgan fingerprint density at radius 1 is 0.830 bits per heavy atom. The van der Waals surface area contributed by atoms with E-state index in [-0.39, 0.29) is 11.7 Å². The van der Waals surface area contributed by atoms with Crippen LogP contribution in [0.1, 0.15) is 27.2 Å². The molecular weight excluding hydrogens is 611 g/mol. The molecule has 7 aromatic rings. The summed E-state index contributed by atoms with van der Waals surface area (Å²) in [5.41, 5.74) is 5.20. The third-order valence-electron chi connectivity index (χ3n) is 7.72. The predicted molar refractivity (Wildman–Crippen MR) is 182 cm³/mol. The molecule has 10 nitrogen and oxygen atoms in total. The minimum Gasteiger partial charge on any atom is -0.507 e. The molecule has 232 valence electrons. The number of phenols is 1. The lowest BCUT2D eigenvalue weighted by molar-refractivity contribution is 0.102. The van der Waals surface area contributed by atoms with Crippen LogP contribution in [0.5, 0.6) is 17.4 Å². The van der Waals surface area contributed by atoms with Gasteiger partial charge in [0.15, 0.2) is 0 Å². The lowest BCUT2D eigenvalue weighted by atomic mass is 10.0. The van der Waals surface area contributed by atoms with E-state index < -0.39 is 0 Å². The summed E-state index contributed by atoms with van der Waals surface area (Å²) >= 11 is 1.46. The molecule has 1 amide bonds. The van der Waals surface area contributed by atoms with E-state index in [1.54, 1.807) is 33.6 Å². The van der Waals surface area contributed by atoms with Gasteiger partial charge in [-0.05, 0) is 78.4 Å². The zero-order valence-electron chi connectivity index (χ0n) is 25.5.